The van der Waals surface area contributed by atoms with Gasteiger partial charge in [0.25, 0.3) is 11.4 Å². The number of ether oxygens (including phenoxy) is 2. The molecule has 0 spiro atoms. The number of benzene rings is 6. The Morgan fingerprint density at radius 3 is 1.11 bits per heavy atom. The first kappa shape index (κ1) is 88.9. The summed E-state index contributed by atoms with van der Waals surface area (Å²) in [7, 11) is 1.31. The number of rotatable bonds is 11. The van der Waals surface area contributed by atoms with Gasteiger partial charge in [-0.3, -0.25) is 25.3 Å². The number of hydrogen-bond donors (Lipinski definition) is 2. The van der Waals surface area contributed by atoms with Gasteiger partial charge >= 0.3 is 12.2 Å². The molecule has 628 valence electrons. The molecule has 0 aliphatic carbocycles. The number of carbonyl (C=O) groups is 2. The van der Waals surface area contributed by atoms with Gasteiger partial charge in [0, 0.05) is 131 Å². The van der Waals surface area contributed by atoms with Crippen molar-refractivity contribution < 1.29 is 50.5 Å². The number of aromatic nitrogens is 9. The Morgan fingerprint density at radius 1 is 0.508 bits per heavy atom. The maximum absolute atomic E-state index is 15.3. The molecule has 3 fully saturated rings. The second kappa shape index (κ2) is 37.6. The minimum Gasteiger partial charge on any atom is -0.442 e. The number of nitrogens with one attached hydrogen (secondary N) is 1. The molecule has 3 N–H and O–H groups in total. The van der Waals surface area contributed by atoms with Gasteiger partial charge in [-0.25, -0.2) is 46.1 Å². The number of hydrogen-bond acceptors (Lipinski definition) is 24. The lowest BCUT2D eigenvalue weighted by atomic mass is 9.93. The highest BCUT2D eigenvalue weighted by Crippen LogP contribution is 2.45. The van der Waals surface area contributed by atoms with Crippen molar-refractivity contribution in [2.24, 2.45) is 0 Å². The number of aryl methyl sites for hydroxylation is 3. The lowest BCUT2D eigenvalue weighted by molar-refractivity contribution is -0.385. The third-order valence-corrected chi connectivity index (χ3v) is 20.0. The quantitative estimate of drug-likeness (QED) is 0.0525. The molecule has 9 heterocycles. The van der Waals surface area contributed by atoms with Crippen molar-refractivity contribution in [2.75, 3.05) is 66.0 Å². The van der Waals surface area contributed by atoms with E-state index in [1.165, 1.54) is 69.4 Å². The standard InChI is InChI=1S/C30H29FN6O4.C30H31FN6O2.C25H21FN6O2.C2H3N.CH3ClO2S/c1-18-25-26(19-8-10-20(11-9-19)35-14-6-5-7-15-35)23(17-32)27(22-13-12-21(37(39)40)16-24(22)31)33-28(25)36(34-18)29(38)41-30(2,3)4;1-18-25-26(19-8-11-21(12-9-19)36-14-6-5-7-15-36)23(17-32)27(22-13-10-20(33)16-24(22)31)34-28(25)37(35-18)29(38)39-30(2,3)4;1-15-22-23(16-5-7-17(8-6-16)31-11-3-2-4-12-31)20(14-27)24(28-25(22)30-29-15)19-10-9-18(32(33)34)13-21(19)26;1-2-3;1-5(2,3)4/h8-13,16H,5-7,14-15H2,1-4H3;8-13,16H,5-7,14-15,33H2,1-4H3;5-10,13H,2-4,11-12H2,1H3,(H,28,29,30);1H3;1H3. The Bertz CT molecular complexity index is 6310. The zero-order chi connectivity index (χ0) is 88.4. The summed E-state index contributed by atoms with van der Waals surface area (Å²) in [6, 6.07) is 42.8. The smallest absolute Gasteiger partial charge is 0.437 e. The monoisotopic (exact) mass is 1690 g/mol. The van der Waals surface area contributed by atoms with Crippen LogP contribution in [0, 0.1) is 104 Å². The number of fused-ring (bicyclic) bond motifs is 3. The minimum absolute atomic E-state index is 0.0101. The Hall–Kier alpha value is -13.9. The zero-order valence-electron chi connectivity index (χ0n) is 68.9. The van der Waals surface area contributed by atoms with Gasteiger partial charge in [-0.1, -0.05) is 36.4 Å². The fourth-order valence-electron chi connectivity index (χ4n) is 14.8. The highest BCUT2D eigenvalue weighted by molar-refractivity contribution is 8.13. The molecule has 122 heavy (non-hydrogen) atoms. The van der Waals surface area contributed by atoms with E-state index in [9.17, 15) is 58.4 Å². The van der Waals surface area contributed by atoms with Crippen LogP contribution in [0.5, 0.6) is 0 Å². The van der Waals surface area contributed by atoms with Crippen molar-refractivity contribution >= 4 is 99.1 Å². The largest absolute Gasteiger partial charge is 0.442 e. The molecule has 3 aliphatic heterocycles. The summed E-state index contributed by atoms with van der Waals surface area (Å²) in [5.41, 5.74) is 13.5. The fraction of sp³-hybridized carbons (Fsp3) is 0.318. The van der Waals surface area contributed by atoms with Crippen LogP contribution >= 0.6 is 10.7 Å². The molecule has 0 atom stereocenters. The average Bonchev–Trinajstić information content (AvgIpc) is 1.54. The molecule has 3 saturated heterocycles. The number of nitro groups is 2. The number of nitrogens with two attached hydrogens (primary N) is 1. The summed E-state index contributed by atoms with van der Waals surface area (Å²) in [4.78, 5) is 67.9. The summed E-state index contributed by atoms with van der Waals surface area (Å²) >= 11 is 0. The molecule has 6 aromatic carbocycles. The fourth-order valence-corrected chi connectivity index (χ4v) is 14.8. The number of nitrogens with zero attached hydrogens (tertiary/aromatic N) is 17. The van der Waals surface area contributed by atoms with E-state index in [0.717, 1.165) is 133 Å². The van der Waals surface area contributed by atoms with E-state index in [1.54, 1.807) is 67.5 Å². The first-order chi connectivity index (χ1) is 57.9. The van der Waals surface area contributed by atoms with Crippen LogP contribution in [0.1, 0.15) is 140 Å². The molecule has 3 aliphatic rings. The van der Waals surface area contributed by atoms with Crippen LogP contribution < -0.4 is 20.4 Å². The molecule has 0 unspecified atom stereocenters. The second-order valence-electron chi connectivity index (χ2n) is 31.1. The van der Waals surface area contributed by atoms with Crippen LogP contribution in [0.3, 0.4) is 0 Å². The molecule has 34 heteroatoms. The van der Waals surface area contributed by atoms with E-state index in [1.807, 2.05) is 79.7 Å². The Kier molecular flexibility index (Phi) is 27.4. The van der Waals surface area contributed by atoms with Crippen LogP contribution in [0.25, 0.3) is 100 Å². The molecular formula is C88H87ClF3N19O10S. The van der Waals surface area contributed by atoms with E-state index in [4.69, 9.17) is 20.5 Å². The van der Waals surface area contributed by atoms with Gasteiger partial charge in [0.05, 0.1) is 95.6 Å². The predicted molar refractivity (Wildman–Crippen MR) is 461 cm³/mol. The first-order valence-electron chi connectivity index (χ1n) is 39.1. The topological polar surface area (TPSA) is 407 Å². The maximum atomic E-state index is 15.3. The number of H-pyrrole nitrogens is 1. The number of carbonyl (C=O) groups excluding carboxylic acids is 2. The van der Waals surface area contributed by atoms with Crippen LogP contribution in [0.4, 0.5) is 56.9 Å². The molecule has 6 aromatic heterocycles. The van der Waals surface area contributed by atoms with Gasteiger partial charge in [0.15, 0.2) is 16.9 Å². The summed E-state index contributed by atoms with van der Waals surface area (Å²) in [5.74, 6) is -2.37. The van der Waals surface area contributed by atoms with Crippen molar-refractivity contribution in [3.8, 4) is 91.4 Å². The molecule has 0 saturated carbocycles. The van der Waals surface area contributed by atoms with Crippen LogP contribution in [0.15, 0.2) is 127 Å². The van der Waals surface area contributed by atoms with Gasteiger partial charge in [-0.2, -0.15) is 36.3 Å². The molecule has 29 nitrogen and oxygen atoms in total. The van der Waals surface area contributed by atoms with Gasteiger partial charge in [0.1, 0.15) is 46.9 Å². The number of non-ortho nitro benzene ring substituents is 2. The number of anilines is 4. The molecule has 0 amide bonds. The van der Waals surface area contributed by atoms with Crippen molar-refractivity contribution in [3.63, 3.8) is 0 Å². The van der Waals surface area contributed by atoms with Crippen molar-refractivity contribution in [1.82, 2.24) is 44.7 Å². The van der Waals surface area contributed by atoms with E-state index in [2.05, 4.69) is 78.9 Å². The third-order valence-electron chi connectivity index (χ3n) is 20.0. The number of nitrogen functional groups attached to an aromatic ring is 1. The van der Waals surface area contributed by atoms with Crippen LogP contribution in [0.2, 0.25) is 0 Å². The molecule has 0 radical (unpaired) electrons. The van der Waals surface area contributed by atoms with E-state index < -0.39 is 65.4 Å². The lowest BCUT2D eigenvalue weighted by Gasteiger charge is -2.29. The molecule has 12 aromatic rings. The van der Waals surface area contributed by atoms with Gasteiger partial charge in [0.2, 0.25) is 9.05 Å². The molecule has 15 rings (SSSR count). The van der Waals surface area contributed by atoms with Crippen molar-refractivity contribution in [2.45, 2.75) is 138 Å². The minimum atomic E-state index is -3.19. The second-order valence-corrected chi connectivity index (χ2v) is 34.2. The third kappa shape index (κ3) is 20.3. The van der Waals surface area contributed by atoms with E-state index in [0.29, 0.717) is 55.4 Å². The lowest BCUT2D eigenvalue weighted by Crippen LogP contribution is -2.29. The number of aromatic amines is 1. The van der Waals surface area contributed by atoms with Gasteiger partial charge in [-0.15, -0.1) is 9.36 Å². The first-order valence-corrected chi connectivity index (χ1v) is 41.8. The summed E-state index contributed by atoms with van der Waals surface area (Å²) in [6.45, 7) is 23.1. The number of nitriles is 4. The Morgan fingerprint density at radius 2 is 0.811 bits per heavy atom. The summed E-state index contributed by atoms with van der Waals surface area (Å²) in [6.07, 6.45) is 10.0. The number of halogens is 4. The van der Waals surface area contributed by atoms with E-state index in [-0.39, 0.29) is 73.1 Å². The van der Waals surface area contributed by atoms with Gasteiger partial charge < -0.3 is 29.9 Å². The van der Waals surface area contributed by atoms with Gasteiger partial charge in [-0.05, 0) is 204 Å². The molecule has 0 bridgehead atoms. The zero-order valence-corrected chi connectivity index (χ0v) is 70.5. The van der Waals surface area contributed by atoms with Crippen molar-refractivity contribution in [3.05, 3.63) is 199 Å². The number of piperidine rings is 3. The number of nitro benzene ring substituents is 2. The average molecular weight is 1700 g/mol. The number of pyridine rings is 3. The normalized spacial score (nSPS) is 13.4. The highest BCUT2D eigenvalue weighted by atomic mass is 35.7. The predicted octanol–water partition coefficient (Wildman–Crippen LogP) is 19.4. The Balaban J connectivity index is 0.000000171. The maximum Gasteiger partial charge on any atom is 0.437 e. The highest BCUT2D eigenvalue weighted by Gasteiger charge is 2.33. The summed E-state index contributed by atoms with van der Waals surface area (Å²) < 4.78 is 77.4. The Labute approximate surface area is 706 Å². The SMILES string of the molecule is CC#N.CS(=O)(=O)Cl.Cc1[nH]nc2nc(-c3ccc([N+](=O)[O-])cc3F)c(C#N)c(-c3ccc(N4CCCCC4)cc3)c12.Cc1nn(C(=O)OC(C)(C)C)c2nc(-c3ccc(N)cc3F)c(C#N)c(-c3ccc(N4CCCCC4)cc3)c12.Cc1nn(C(=O)OC(C)(C)C)c2nc(-c3ccc([N+](=O)[O-])cc3F)c(C#N)c(-c3ccc(N4CCCCC4)cc3)c12. The summed E-state index contributed by atoms with van der Waals surface area (Å²) in [5, 5.41) is 78.2. The van der Waals surface area contributed by atoms with Crippen LogP contribution in [-0.2, 0) is 18.5 Å². The molecular weight excluding hydrogens is 1610 g/mol. The van der Waals surface area contributed by atoms with Crippen LogP contribution in [-0.4, -0.2) is 132 Å². The van der Waals surface area contributed by atoms with E-state index >= 15 is 8.78 Å². The van der Waals surface area contributed by atoms with Crippen molar-refractivity contribution in [1.29, 1.82) is 21.0 Å².